The Morgan fingerprint density at radius 2 is 2.07 bits per heavy atom. The molecule has 17 heteroatoms. The summed E-state index contributed by atoms with van der Waals surface area (Å²) < 4.78 is 36.7. The van der Waals surface area contributed by atoms with Gasteiger partial charge in [0.15, 0.2) is 11.5 Å². The van der Waals surface area contributed by atoms with E-state index < -0.39 is 46.4 Å². The number of anilines is 1. The zero-order valence-corrected chi connectivity index (χ0v) is 15.1. The number of nitrogens with two attached hydrogens (primary N) is 1. The number of phosphoric acid groups is 2. The van der Waals surface area contributed by atoms with E-state index in [0.29, 0.717) is 0 Å². The number of hydrogen-bond acceptors (Lipinski definition) is 10. The highest BCUT2D eigenvalue weighted by Crippen LogP contribution is 2.57. The van der Waals surface area contributed by atoms with Crippen molar-refractivity contribution >= 4 is 32.6 Å². The molecule has 4 atom stereocenters. The number of H-pyrrole nitrogens is 1. The van der Waals surface area contributed by atoms with Gasteiger partial charge >= 0.3 is 21.3 Å². The highest BCUT2D eigenvalue weighted by atomic mass is 31.3. The van der Waals surface area contributed by atoms with E-state index in [2.05, 4.69) is 23.8 Å². The van der Waals surface area contributed by atoms with Crippen LogP contribution in [0.5, 0.6) is 0 Å². The molecule has 150 valence electrons. The average Bonchev–Trinajstić information content (AvgIpc) is 3.03. The summed E-state index contributed by atoms with van der Waals surface area (Å²) in [6.07, 6.45) is -2.38. The summed E-state index contributed by atoms with van der Waals surface area (Å²) in [7, 11) is -10.4. The Bertz CT molecular complexity index is 1000. The summed E-state index contributed by atoms with van der Waals surface area (Å²) in [5.74, 6) is 0.0325. The number of hydrogen-bond donors (Lipinski definition) is 6. The van der Waals surface area contributed by atoms with E-state index in [1.54, 1.807) is 0 Å². The van der Waals surface area contributed by atoms with Crippen LogP contribution in [0.25, 0.3) is 11.2 Å². The van der Waals surface area contributed by atoms with Gasteiger partial charge in [-0.25, -0.2) is 28.5 Å². The topological polar surface area (TPSA) is 232 Å². The maximum absolute atomic E-state index is 12.2. The van der Waals surface area contributed by atoms with Gasteiger partial charge in [0.1, 0.15) is 24.2 Å². The van der Waals surface area contributed by atoms with Crippen LogP contribution in [0, 0.1) is 0 Å². The lowest BCUT2D eigenvalue weighted by atomic mass is 10.2. The van der Waals surface area contributed by atoms with Crippen molar-refractivity contribution in [3.05, 3.63) is 16.8 Å². The van der Waals surface area contributed by atoms with Crippen LogP contribution < -0.4 is 11.4 Å². The fraction of sp³-hybridized carbons (Fsp3) is 0.500. The van der Waals surface area contributed by atoms with Crippen LogP contribution in [0.3, 0.4) is 0 Å². The first-order valence-corrected chi connectivity index (χ1v) is 10.3. The summed E-state index contributed by atoms with van der Waals surface area (Å²) in [5.41, 5.74) is 5.33. The van der Waals surface area contributed by atoms with E-state index in [1.165, 1.54) is 0 Å². The van der Waals surface area contributed by atoms with Crippen LogP contribution in [0.4, 0.5) is 5.82 Å². The van der Waals surface area contributed by atoms with E-state index in [9.17, 15) is 23.9 Å². The molecule has 2 aromatic rings. The number of imidazole rings is 1. The molecule has 3 heterocycles. The largest absolute Gasteiger partial charge is 0.481 e. The van der Waals surface area contributed by atoms with Gasteiger partial charge in [0.25, 0.3) is 0 Å². The van der Waals surface area contributed by atoms with Crippen molar-refractivity contribution in [2.75, 3.05) is 12.3 Å². The zero-order chi connectivity index (χ0) is 20.0. The van der Waals surface area contributed by atoms with Crippen LogP contribution in [0.2, 0.25) is 0 Å². The van der Waals surface area contributed by atoms with Crippen LogP contribution in [-0.4, -0.2) is 58.1 Å². The Hall–Kier alpha value is -1.67. The van der Waals surface area contributed by atoms with E-state index in [-0.39, 0.29) is 23.4 Å². The van der Waals surface area contributed by atoms with Gasteiger partial charge in [-0.05, 0) is 0 Å². The first-order valence-electron chi connectivity index (χ1n) is 7.25. The molecule has 15 nitrogen and oxygen atoms in total. The molecule has 7 N–H and O–H groups in total. The standard InChI is InChI=1S/C10H15N5O10P2/c11-8-7-9(13-3-12-8)15(10(17)14-7)6-1-4(16)5(24-6)2-23-27(21,22)25-26(18,19)20/h3-6,16H,1-2H2,(H,14,17)(H,21,22)(H2,11,12,13)(H2,18,19,20)/t4-,5+,6+/m0/s1. The maximum atomic E-state index is 12.2. The molecular weight excluding hydrogens is 412 g/mol. The molecule has 1 saturated heterocycles. The molecule has 0 aliphatic carbocycles. The van der Waals surface area contributed by atoms with Crippen molar-refractivity contribution in [2.45, 2.75) is 24.9 Å². The van der Waals surface area contributed by atoms with Gasteiger partial charge < -0.3 is 35.2 Å². The molecule has 27 heavy (non-hydrogen) atoms. The van der Waals surface area contributed by atoms with Crippen molar-refractivity contribution in [3.63, 3.8) is 0 Å². The van der Waals surface area contributed by atoms with Crippen LogP contribution in [-0.2, 0) is 22.7 Å². The van der Waals surface area contributed by atoms with Crippen LogP contribution in [0.15, 0.2) is 11.1 Å². The van der Waals surface area contributed by atoms with Crippen molar-refractivity contribution in [1.29, 1.82) is 0 Å². The first kappa shape index (κ1) is 20.1. The number of aromatic amines is 1. The Balaban J connectivity index is 1.75. The number of nitrogens with zero attached hydrogens (tertiary/aromatic N) is 3. The normalized spacial score (nSPS) is 25.7. The highest BCUT2D eigenvalue weighted by Gasteiger charge is 2.40. The van der Waals surface area contributed by atoms with Crippen LogP contribution >= 0.6 is 15.6 Å². The molecule has 0 amide bonds. The lowest BCUT2D eigenvalue weighted by Crippen LogP contribution is -2.26. The lowest BCUT2D eigenvalue weighted by molar-refractivity contribution is -0.0432. The number of ether oxygens (including phenoxy) is 1. The molecule has 0 bridgehead atoms. The van der Waals surface area contributed by atoms with Gasteiger partial charge in [0.2, 0.25) is 0 Å². The second-order valence-corrected chi connectivity index (χ2v) is 8.36. The Morgan fingerprint density at radius 1 is 1.37 bits per heavy atom. The number of aromatic nitrogens is 4. The molecule has 1 aliphatic heterocycles. The van der Waals surface area contributed by atoms with E-state index in [1.807, 2.05) is 0 Å². The monoisotopic (exact) mass is 427 g/mol. The first-order chi connectivity index (χ1) is 12.5. The lowest BCUT2D eigenvalue weighted by Gasteiger charge is -2.17. The number of aliphatic hydroxyl groups excluding tert-OH is 1. The maximum Gasteiger partial charge on any atom is 0.481 e. The summed E-state index contributed by atoms with van der Waals surface area (Å²) in [4.78, 5) is 48.7. The van der Waals surface area contributed by atoms with Crippen molar-refractivity contribution in [3.8, 4) is 0 Å². The average molecular weight is 427 g/mol. The van der Waals surface area contributed by atoms with Crippen LogP contribution in [0.1, 0.15) is 12.6 Å². The molecule has 1 aliphatic rings. The predicted octanol–water partition coefficient (Wildman–Crippen LogP) is -1.42. The fourth-order valence-corrected chi connectivity index (χ4v) is 4.17. The molecule has 3 rings (SSSR count). The van der Waals surface area contributed by atoms with E-state index in [4.69, 9.17) is 20.3 Å². The quantitative estimate of drug-likeness (QED) is 0.291. The van der Waals surface area contributed by atoms with Gasteiger partial charge in [-0.3, -0.25) is 4.52 Å². The fourth-order valence-electron chi connectivity index (χ4n) is 2.57. The van der Waals surface area contributed by atoms with Gasteiger partial charge in [-0.15, -0.1) is 0 Å². The summed E-state index contributed by atoms with van der Waals surface area (Å²) in [6.45, 7) is -0.736. The summed E-state index contributed by atoms with van der Waals surface area (Å²) >= 11 is 0. The number of phosphoric ester groups is 1. The number of fused-ring (bicyclic) bond motifs is 1. The predicted molar refractivity (Wildman–Crippen MR) is 86.0 cm³/mol. The Morgan fingerprint density at radius 3 is 2.74 bits per heavy atom. The number of nitrogens with one attached hydrogen (secondary N) is 1. The zero-order valence-electron chi connectivity index (χ0n) is 13.3. The highest BCUT2D eigenvalue weighted by molar-refractivity contribution is 7.60. The molecule has 1 unspecified atom stereocenters. The third kappa shape index (κ3) is 4.43. The molecule has 0 radical (unpaired) electrons. The third-order valence-electron chi connectivity index (χ3n) is 3.64. The molecule has 1 fully saturated rings. The van der Waals surface area contributed by atoms with Gasteiger partial charge in [-0.2, -0.15) is 4.31 Å². The van der Waals surface area contributed by atoms with Crippen molar-refractivity contribution in [2.24, 2.45) is 0 Å². The molecule has 0 saturated carbocycles. The van der Waals surface area contributed by atoms with E-state index in [0.717, 1.165) is 10.9 Å². The number of aliphatic hydroxyl groups is 1. The molecule has 2 aromatic heterocycles. The third-order valence-corrected chi connectivity index (χ3v) is 5.79. The second-order valence-electron chi connectivity index (χ2n) is 5.53. The SMILES string of the molecule is Nc1ncnc2c1[nH]c(=O)n2[C@H]1C[C@H](O)[C@@H](COP(=O)(O)OP(=O)(O)O)O1. The minimum absolute atomic E-state index is 0.0325. The molecule has 0 aromatic carbocycles. The van der Waals surface area contributed by atoms with Crippen molar-refractivity contribution in [1.82, 2.24) is 19.5 Å². The minimum Gasteiger partial charge on any atom is -0.390 e. The number of rotatable bonds is 6. The van der Waals surface area contributed by atoms with E-state index >= 15 is 0 Å². The van der Waals surface area contributed by atoms with Gasteiger partial charge in [0.05, 0.1) is 12.7 Å². The minimum atomic E-state index is -5.27. The van der Waals surface area contributed by atoms with Gasteiger partial charge in [-0.1, -0.05) is 0 Å². The smallest absolute Gasteiger partial charge is 0.390 e. The second kappa shape index (κ2) is 7.05. The molecular formula is C10H15N5O10P2. The molecule has 0 spiro atoms. The summed E-state index contributed by atoms with van der Waals surface area (Å²) in [6, 6.07) is 0. The summed E-state index contributed by atoms with van der Waals surface area (Å²) in [5, 5.41) is 10.1. The van der Waals surface area contributed by atoms with Crippen molar-refractivity contribution < 1.29 is 42.5 Å². The Kier molecular flexibility index (Phi) is 5.24. The number of nitrogen functional groups attached to an aromatic ring is 1. The van der Waals surface area contributed by atoms with Gasteiger partial charge in [0, 0.05) is 6.42 Å². The Labute approximate surface area is 149 Å².